The van der Waals surface area contributed by atoms with Crippen LogP contribution in [0.1, 0.15) is 26.2 Å². The van der Waals surface area contributed by atoms with Crippen LogP contribution in [-0.4, -0.2) is 44.3 Å². The van der Waals surface area contributed by atoms with Crippen molar-refractivity contribution in [2.75, 3.05) is 19.5 Å². The fourth-order valence-electron chi connectivity index (χ4n) is 3.72. The van der Waals surface area contributed by atoms with Gasteiger partial charge in [0.05, 0.1) is 18.9 Å². The van der Waals surface area contributed by atoms with E-state index < -0.39 is 10.0 Å². The first-order chi connectivity index (χ1) is 10.5. The van der Waals surface area contributed by atoms with Crippen molar-refractivity contribution in [2.45, 2.75) is 38.3 Å². The number of fused-ring (bicyclic) bond motifs is 2. The molecule has 3 atom stereocenters. The van der Waals surface area contributed by atoms with Crippen LogP contribution in [0.5, 0.6) is 11.5 Å². The van der Waals surface area contributed by atoms with Crippen molar-refractivity contribution in [2.24, 2.45) is 5.92 Å². The van der Waals surface area contributed by atoms with Gasteiger partial charge in [-0.15, -0.1) is 0 Å². The number of hydrogen-bond acceptors (Lipinski definition) is 4. The maximum atomic E-state index is 12.4. The molecule has 1 saturated carbocycles. The van der Waals surface area contributed by atoms with Crippen LogP contribution in [0.4, 0.5) is 0 Å². The Morgan fingerprint density at radius 1 is 1.27 bits per heavy atom. The minimum atomic E-state index is -3.17. The lowest BCUT2D eigenvalue weighted by molar-refractivity contribution is 0.162. The molecule has 22 heavy (non-hydrogen) atoms. The van der Waals surface area contributed by atoms with Gasteiger partial charge in [0.25, 0.3) is 0 Å². The summed E-state index contributed by atoms with van der Waals surface area (Å²) < 4.78 is 37.5. The molecule has 0 aromatic heterocycles. The molecule has 1 aliphatic carbocycles. The Labute approximate surface area is 132 Å². The molecule has 2 aliphatic rings. The molecule has 0 radical (unpaired) electrons. The van der Waals surface area contributed by atoms with Crippen molar-refractivity contribution in [3.8, 4) is 11.5 Å². The zero-order valence-corrected chi connectivity index (χ0v) is 13.9. The van der Waals surface area contributed by atoms with Crippen LogP contribution in [-0.2, 0) is 10.0 Å². The Morgan fingerprint density at radius 3 is 2.77 bits per heavy atom. The lowest BCUT2D eigenvalue weighted by Gasteiger charge is -2.33. The highest BCUT2D eigenvalue weighted by Crippen LogP contribution is 2.44. The average Bonchev–Trinajstić information content (AvgIpc) is 3.14. The Kier molecular flexibility index (Phi) is 4.32. The molecule has 5 nitrogen and oxygen atoms in total. The molecular formula is C16H23NO4S. The number of hydrogen-bond donors (Lipinski definition) is 0. The topological polar surface area (TPSA) is 55.8 Å². The van der Waals surface area contributed by atoms with Crippen LogP contribution in [0.15, 0.2) is 24.3 Å². The van der Waals surface area contributed by atoms with Gasteiger partial charge in [0, 0.05) is 12.1 Å². The number of nitrogens with zero attached hydrogens (tertiary/aromatic N) is 1. The summed E-state index contributed by atoms with van der Waals surface area (Å²) in [5.74, 6) is 2.04. The molecule has 122 valence electrons. The van der Waals surface area contributed by atoms with Crippen molar-refractivity contribution < 1.29 is 17.9 Å². The molecule has 2 bridgehead atoms. The molecule has 3 rings (SSSR count). The van der Waals surface area contributed by atoms with E-state index in [-0.39, 0.29) is 17.8 Å². The van der Waals surface area contributed by atoms with E-state index in [4.69, 9.17) is 9.47 Å². The number of piperidine rings is 1. The molecule has 2 fully saturated rings. The second kappa shape index (κ2) is 6.08. The Hall–Kier alpha value is -1.27. The monoisotopic (exact) mass is 325 g/mol. The number of sulfonamides is 1. The lowest BCUT2D eigenvalue weighted by Crippen LogP contribution is -2.48. The van der Waals surface area contributed by atoms with E-state index >= 15 is 0 Å². The minimum Gasteiger partial charge on any atom is -0.497 e. The van der Waals surface area contributed by atoms with Crippen molar-refractivity contribution >= 4 is 10.0 Å². The first kappa shape index (κ1) is 15.6. The normalized spacial score (nSPS) is 28.0. The van der Waals surface area contributed by atoms with E-state index in [9.17, 15) is 8.42 Å². The van der Waals surface area contributed by atoms with Crippen LogP contribution < -0.4 is 9.47 Å². The third-order valence-corrected chi connectivity index (χ3v) is 6.77. The maximum Gasteiger partial charge on any atom is 0.214 e. The Balaban J connectivity index is 1.73. The molecule has 0 spiro atoms. The molecule has 1 heterocycles. The van der Waals surface area contributed by atoms with Crippen LogP contribution in [0.25, 0.3) is 0 Å². The quantitative estimate of drug-likeness (QED) is 0.805. The van der Waals surface area contributed by atoms with Gasteiger partial charge in [-0.3, -0.25) is 0 Å². The van der Waals surface area contributed by atoms with Crippen molar-refractivity contribution in [1.82, 2.24) is 4.31 Å². The summed E-state index contributed by atoms with van der Waals surface area (Å²) in [4.78, 5) is 0. The van der Waals surface area contributed by atoms with Crippen molar-refractivity contribution in [3.63, 3.8) is 0 Å². The Morgan fingerprint density at radius 2 is 2.05 bits per heavy atom. The molecule has 1 saturated heterocycles. The second-order valence-corrected chi connectivity index (χ2v) is 8.18. The summed E-state index contributed by atoms with van der Waals surface area (Å²) in [5, 5.41) is 0. The lowest BCUT2D eigenvalue weighted by atomic mass is 10.0. The van der Waals surface area contributed by atoms with E-state index in [1.165, 1.54) is 0 Å². The number of methoxy groups -OCH3 is 1. The molecule has 0 N–H and O–H groups in total. The largest absolute Gasteiger partial charge is 0.497 e. The summed E-state index contributed by atoms with van der Waals surface area (Å²) in [5.41, 5.74) is 0. The molecule has 1 aromatic carbocycles. The van der Waals surface area contributed by atoms with Gasteiger partial charge in [-0.1, -0.05) is 6.07 Å². The minimum absolute atomic E-state index is 0.0325. The summed E-state index contributed by atoms with van der Waals surface area (Å²) in [6, 6.07) is 7.57. The third-order valence-electron chi connectivity index (χ3n) is 4.82. The standard InChI is InChI=1S/C16H23NO4S/c1-3-22(18,19)17-13-8-7-12(9-13)16(17)11-21-15-6-4-5-14(10-15)20-2/h4-6,10,12-13,16H,3,7-9,11H2,1-2H3/t12?,13?,16-/m0/s1. The summed E-state index contributed by atoms with van der Waals surface area (Å²) >= 11 is 0. The van der Waals surface area contributed by atoms with E-state index in [1.54, 1.807) is 18.3 Å². The van der Waals surface area contributed by atoms with Crippen molar-refractivity contribution in [1.29, 1.82) is 0 Å². The second-order valence-electron chi connectivity index (χ2n) is 6.01. The number of rotatable bonds is 6. The van der Waals surface area contributed by atoms with Crippen LogP contribution in [0, 0.1) is 5.92 Å². The van der Waals surface area contributed by atoms with Crippen LogP contribution in [0.2, 0.25) is 0 Å². The summed E-state index contributed by atoms with van der Waals surface area (Å²) in [7, 11) is -1.55. The smallest absolute Gasteiger partial charge is 0.214 e. The van der Waals surface area contributed by atoms with Gasteiger partial charge >= 0.3 is 0 Å². The number of ether oxygens (including phenoxy) is 2. The molecule has 0 amide bonds. The fourth-order valence-corrected chi connectivity index (χ4v) is 5.30. The molecule has 2 unspecified atom stereocenters. The van der Waals surface area contributed by atoms with Gasteiger partial charge in [0.1, 0.15) is 18.1 Å². The Bertz CT molecular complexity index is 631. The predicted octanol–water partition coefficient (Wildman–Crippen LogP) is 2.28. The number of benzene rings is 1. The predicted molar refractivity (Wildman–Crippen MR) is 84.7 cm³/mol. The highest BCUT2D eigenvalue weighted by atomic mass is 32.2. The third kappa shape index (κ3) is 2.82. The average molecular weight is 325 g/mol. The van der Waals surface area contributed by atoms with Crippen LogP contribution in [0.3, 0.4) is 0 Å². The van der Waals surface area contributed by atoms with E-state index in [2.05, 4.69) is 0 Å². The zero-order chi connectivity index (χ0) is 15.7. The van der Waals surface area contributed by atoms with Gasteiger partial charge in [-0.25, -0.2) is 8.42 Å². The van der Waals surface area contributed by atoms with Gasteiger partial charge in [0.15, 0.2) is 0 Å². The summed E-state index contributed by atoms with van der Waals surface area (Å²) in [6.07, 6.45) is 3.07. The van der Waals surface area contributed by atoms with E-state index in [1.807, 2.05) is 24.3 Å². The highest BCUT2D eigenvalue weighted by Gasteiger charge is 2.50. The molecule has 1 aliphatic heterocycles. The van der Waals surface area contributed by atoms with Gasteiger partial charge in [-0.2, -0.15) is 4.31 Å². The molecule has 1 aromatic rings. The first-order valence-electron chi connectivity index (χ1n) is 7.83. The SMILES string of the molecule is CCS(=O)(=O)N1C2CCC(C2)[C@@H]1COc1cccc(OC)c1. The first-order valence-corrected chi connectivity index (χ1v) is 9.44. The summed E-state index contributed by atoms with van der Waals surface area (Å²) in [6.45, 7) is 2.12. The van der Waals surface area contributed by atoms with Gasteiger partial charge in [-0.05, 0) is 44.2 Å². The van der Waals surface area contributed by atoms with E-state index in [0.717, 1.165) is 30.8 Å². The van der Waals surface area contributed by atoms with Crippen LogP contribution >= 0.6 is 0 Å². The van der Waals surface area contributed by atoms with Gasteiger partial charge < -0.3 is 9.47 Å². The van der Waals surface area contributed by atoms with E-state index in [0.29, 0.717) is 12.5 Å². The molecular weight excluding hydrogens is 302 g/mol. The molecule has 6 heteroatoms. The highest BCUT2D eigenvalue weighted by molar-refractivity contribution is 7.89. The van der Waals surface area contributed by atoms with Gasteiger partial charge in [0.2, 0.25) is 10.0 Å². The van der Waals surface area contributed by atoms with Crippen molar-refractivity contribution in [3.05, 3.63) is 24.3 Å². The fraction of sp³-hybridized carbons (Fsp3) is 0.625. The zero-order valence-electron chi connectivity index (χ0n) is 13.1. The maximum absolute atomic E-state index is 12.4.